The summed E-state index contributed by atoms with van der Waals surface area (Å²) in [5.74, 6) is -0.139. The predicted octanol–water partition coefficient (Wildman–Crippen LogP) is 1.55. The Morgan fingerprint density at radius 3 is 2.87 bits per heavy atom. The lowest BCUT2D eigenvalue weighted by molar-refractivity contribution is -0.153. The van der Waals surface area contributed by atoms with E-state index in [4.69, 9.17) is 4.74 Å². The van der Waals surface area contributed by atoms with Gasteiger partial charge in [0.1, 0.15) is 12.6 Å². The van der Waals surface area contributed by atoms with Crippen molar-refractivity contribution in [3.05, 3.63) is 23.5 Å². The average Bonchev–Trinajstić information content (AvgIpc) is 2.59. The van der Waals surface area contributed by atoms with Crippen molar-refractivity contribution in [3.63, 3.8) is 0 Å². The summed E-state index contributed by atoms with van der Waals surface area (Å²) in [7, 11) is 0. The molecule has 2 heterocycles. The van der Waals surface area contributed by atoms with Gasteiger partial charge in [-0.1, -0.05) is 13.8 Å². The van der Waals surface area contributed by atoms with Gasteiger partial charge in [0.15, 0.2) is 6.29 Å². The van der Waals surface area contributed by atoms with Crippen LogP contribution in [0, 0.1) is 5.92 Å². The minimum absolute atomic E-state index is 0.114. The summed E-state index contributed by atoms with van der Waals surface area (Å²) in [6, 6.07) is 3.18. The first-order valence-corrected chi connectivity index (χ1v) is 4.97. The zero-order valence-corrected chi connectivity index (χ0v) is 8.77. The standard InChI is InChI=1S/C11H13NO3/c1-7(2)10-11(14)15-6-9-4-3-8(5-13)12(9)10/h3-5,7,10H,6H2,1-2H3. The summed E-state index contributed by atoms with van der Waals surface area (Å²) < 4.78 is 6.84. The Morgan fingerprint density at radius 2 is 2.27 bits per heavy atom. The molecule has 1 aliphatic heterocycles. The molecule has 0 spiro atoms. The van der Waals surface area contributed by atoms with Gasteiger partial charge in [-0.2, -0.15) is 0 Å². The van der Waals surface area contributed by atoms with Gasteiger partial charge >= 0.3 is 5.97 Å². The molecule has 1 aromatic rings. The number of carbonyl (C=O) groups excluding carboxylic acids is 2. The second kappa shape index (κ2) is 3.53. The smallest absolute Gasteiger partial charge is 0.329 e. The molecule has 0 aromatic carbocycles. The van der Waals surface area contributed by atoms with Gasteiger partial charge in [-0.05, 0) is 18.1 Å². The van der Waals surface area contributed by atoms with E-state index in [1.54, 1.807) is 10.6 Å². The Labute approximate surface area is 87.8 Å². The number of hydrogen-bond donors (Lipinski definition) is 0. The number of rotatable bonds is 2. The molecule has 0 N–H and O–H groups in total. The molecular weight excluding hydrogens is 194 g/mol. The molecule has 2 rings (SSSR count). The molecular formula is C11H13NO3. The molecule has 0 fully saturated rings. The van der Waals surface area contributed by atoms with Crippen molar-refractivity contribution in [2.45, 2.75) is 26.5 Å². The molecule has 80 valence electrons. The summed E-state index contributed by atoms with van der Waals surface area (Å²) in [6.45, 7) is 4.14. The molecule has 15 heavy (non-hydrogen) atoms. The Bertz CT molecular complexity index is 406. The Hall–Kier alpha value is -1.58. The zero-order valence-electron chi connectivity index (χ0n) is 8.77. The van der Waals surface area contributed by atoms with Crippen molar-refractivity contribution in [2.75, 3.05) is 0 Å². The Balaban J connectivity index is 2.53. The van der Waals surface area contributed by atoms with Crippen molar-refractivity contribution >= 4 is 12.3 Å². The average molecular weight is 207 g/mol. The summed E-state index contributed by atoms with van der Waals surface area (Å²) in [5, 5.41) is 0. The van der Waals surface area contributed by atoms with Crippen LogP contribution < -0.4 is 0 Å². The van der Waals surface area contributed by atoms with E-state index in [1.807, 2.05) is 19.9 Å². The van der Waals surface area contributed by atoms with E-state index in [-0.39, 0.29) is 24.5 Å². The lowest BCUT2D eigenvalue weighted by atomic mass is 10.0. The van der Waals surface area contributed by atoms with Crippen molar-refractivity contribution in [3.8, 4) is 0 Å². The number of aromatic nitrogens is 1. The van der Waals surface area contributed by atoms with E-state index in [0.29, 0.717) is 5.69 Å². The Morgan fingerprint density at radius 1 is 1.53 bits per heavy atom. The fraction of sp³-hybridized carbons (Fsp3) is 0.455. The molecule has 0 bridgehead atoms. The molecule has 4 nitrogen and oxygen atoms in total. The lowest BCUT2D eigenvalue weighted by Crippen LogP contribution is -2.33. The monoisotopic (exact) mass is 207 g/mol. The molecule has 1 atom stereocenters. The third kappa shape index (κ3) is 1.46. The number of carbonyl (C=O) groups is 2. The van der Waals surface area contributed by atoms with E-state index in [1.165, 1.54) is 0 Å². The largest absolute Gasteiger partial charge is 0.458 e. The maximum Gasteiger partial charge on any atom is 0.329 e. The lowest BCUT2D eigenvalue weighted by Gasteiger charge is -2.28. The minimum Gasteiger partial charge on any atom is -0.458 e. The van der Waals surface area contributed by atoms with Crippen LogP contribution in [-0.2, 0) is 16.1 Å². The van der Waals surface area contributed by atoms with Gasteiger partial charge in [0, 0.05) is 0 Å². The molecule has 1 unspecified atom stereocenters. The van der Waals surface area contributed by atoms with Crippen LogP contribution in [0.25, 0.3) is 0 Å². The van der Waals surface area contributed by atoms with Crippen LogP contribution in [-0.4, -0.2) is 16.8 Å². The quantitative estimate of drug-likeness (QED) is 0.546. The van der Waals surface area contributed by atoms with Gasteiger partial charge in [-0.15, -0.1) is 0 Å². The van der Waals surface area contributed by atoms with Crippen LogP contribution in [0.15, 0.2) is 12.1 Å². The van der Waals surface area contributed by atoms with E-state index in [2.05, 4.69) is 0 Å². The number of cyclic esters (lactones) is 1. The number of ether oxygens (including phenoxy) is 1. The first kappa shape index (κ1) is 9.96. The number of esters is 1. The highest BCUT2D eigenvalue weighted by atomic mass is 16.5. The normalized spacial score (nSPS) is 19.9. The first-order chi connectivity index (χ1) is 7.15. The van der Waals surface area contributed by atoms with Gasteiger partial charge < -0.3 is 9.30 Å². The van der Waals surface area contributed by atoms with Crippen LogP contribution >= 0.6 is 0 Å². The molecule has 1 aliphatic rings. The first-order valence-electron chi connectivity index (χ1n) is 4.97. The highest BCUT2D eigenvalue weighted by molar-refractivity contribution is 5.79. The van der Waals surface area contributed by atoms with Crippen molar-refractivity contribution < 1.29 is 14.3 Å². The van der Waals surface area contributed by atoms with E-state index in [9.17, 15) is 9.59 Å². The number of aldehydes is 1. The maximum absolute atomic E-state index is 11.6. The van der Waals surface area contributed by atoms with Gasteiger partial charge in [-0.25, -0.2) is 4.79 Å². The highest BCUT2D eigenvalue weighted by Gasteiger charge is 2.32. The molecule has 1 aromatic heterocycles. The third-order valence-electron chi connectivity index (χ3n) is 2.67. The molecule has 4 heteroatoms. The molecule has 0 radical (unpaired) electrons. The predicted molar refractivity (Wildman–Crippen MR) is 53.5 cm³/mol. The maximum atomic E-state index is 11.6. The van der Waals surface area contributed by atoms with Gasteiger partial charge in [0.25, 0.3) is 0 Å². The van der Waals surface area contributed by atoms with Crippen LogP contribution in [0.4, 0.5) is 0 Å². The molecule has 0 saturated heterocycles. The van der Waals surface area contributed by atoms with Crippen LogP contribution in [0.5, 0.6) is 0 Å². The van der Waals surface area contributed by atoms with Gasteiger partial charge in [-0.3, -0.25) is 4.79 Å². The summed E-state index contributed by atoms with van der Waals surface area (Å²) >= 11 is 0. The fourth-order valence-electron chi connectivity index (χ4n) is 1.97. The third-order valence-corrected chi connectivity index (χ3v) is 2.67. The van der Waals surface area contributed by atoms with Crippen LogP contribution in [0.2, 0.25) is 0 Å². The van der Waals surface area contributed by atoms with E-state index >= 15 is 0 Å². The Kier molecular flexibility index (Phi) is 2.34. The second-order valence-corrected chi connectivity index (χ2v) is 4.03. The zero-order chi connectivity index (χ0) is 11.0. The molecule has 0 aliphatic carbocycles. The second-order valence-electron chi connectivity index (χ2n) is 4.03. The fourth-order valence-corrected chi connectivity index (χ4v) is 1.97. The summed E-state index contributed by atoms with van der Waals surface area (Å²) in [5.41, 5.74) is 1.43. The minimum atomic E-state index is -0.371. The highest BCUT2D eigenvalue weighted by Crippen LogP contribution is 2.28. The van der Waals surface area contributed by atoms with Gasteiger partial charge in [0.05, 0.1) is 11.4 Å². The van der Waals surface area contributed by atoms with Crippen molar-refractivity contribution in [1.29, 1.82) is 0 Å². The van der Waals surface area contributed by atoms with Crippen molar-refractivity contribution in [2.24, 2.45) is 5.92 Å². The van der Waals surface area contributed by atoms with Gasteiger partial charge in [0.2, 0.25) is 0 Å². The van der Waals surface area contributed by atoms with Crippen LogP contribution in [0.1, 0.15) is 36.1 Å². The van der Waals surface area contributed by atoms with E-state index < -0.39 is 0 Å². The topological polar surface area (TPSA) is 48.3 Å². The van der Waals surface area contributed by atoms with Crippen molar-refractivity contribution in [1.82, 2.24) is 4.57 Å². The van der Waals surface area contributed by atoms with Crippen LogP contribution in [0.3, 0.4) is 0 Å². The number of fused-ring (bicyclic) bond motifs is 1. The summed E-state index contributed by atoms with van der Waals surface area (Å²) in [4.78, 5) is 22.4. The van der Waals surface area contributed by atoms with E-state index in [0.717, 1.165) is 12.0 Å². The summed E-state index contributed by atoms with van der Waals surface area (Å²) in [6.07, 6.45) is 0.775. The number of hydrogen-bond acceptors (Lipinski definition) is 3. The molecule has 0 amide bonds. The molecule has 0 saturated carbocycles. The SMILES string of the molecule is CC(C)C1C(=O)OCc2ccc(C=O)n21. The number of nitrogens with zero attached hydrogens (tertiary/aromatic N) is 1.